The van der Waals surface area contributed by atoms with Crippen molar-refractivity contribution >= 4 is 33.4 Å². The number of amides is 1. The van der Waals surface area contributed by atoms with Crippen LogP contribution in [0.5, 0.6) is 5.75 Å². The van der Waals surface area contributed by atoms with Gasteiger partial charge in [-0.2, -0.15) is 0 Å². The maximum atomic E-state index is 12.7. The molecule has 0 saturated carbocycles. The van der Waals surface area contributed by atoms with E-state index in [1.54, 1.807) is 12.3 Å². The molecule has 0 radical (unpaired) electrons. The first-order chi connectivity index (χ1) is 14.8. The molecule has 0 aliphatic carbocycles. The normalized spacial score (nSPS) is 14.7. The maximum Gasteiger partial charge on any atom is 0.259 e. The number of hydrogen-bond donors (Lipinski definition) is 3. The predicted molar refractivity (Wildman–Crippen MR) is 118 cm³/mol. The smallest absolute Gasteiger partial charge is 0.259 e. The lowest BCUT2D eigenvalue weighted by molar-refractivity contribution is 0.102. The molecule has 2 aromatic heterocycles. The number of hydrogen-bond acceptors (Lipinski definition) is 6. The van der Waals surface area contributed by atoms with Gasteiger partial charge in [-0.05, 0) is 50.2 Å². The van der Waals surface area contributed by atoms with Crippen LogP contribution in [0.4, 0.5) is 5.13 Å². The zero-order valence-electron chi connectivity index (χ0n) is 16.2. The van der Waals surface area contributed by atoms with Crippen LogP contribution in [0, 0.1) is 0 Å². The first kappa shape index (κ1) is 18.8. The number of nitrogens with one attached hydrogen (secondary N) is 3. The highest BCUT2D eigenvalue weighted by Gasteiger charge is 2.17. The van der Waals surface area contributed by atoms with E-state index in [2.05, 4.69) is 20.6 Å². The SMILES string of the molecule is O=C(Nc1nccs1)c1cccc2[nH]c(-c3cccc(OC4CCNCC4)c3)nc12. The van der Waals surface area contributed by atoms with Gasteiger partial charge in [0, 0.05) is 17.1 Å². The largest absolute Gasteiger partial charge is 0.490 e. The van der Waals surface area contributed by atoms with Gasteiger partial charge in [-0.1, -0.05) is 18.2 Å². The van der Waals surface area contributed by atoms with E-state index in [0.29, 0.717) is 22.0 Å². The number of aromatic amines is 1. The van der Waals surface area contributed by atoms with Crippen molar-refractivity contribution in [1.29, 1.82) is 0 Å². The zero-order valence-corrected chi connectivity index (χ0v) is 17.0. The summed E-state index contributed by atoms with van der Waals surface area (Å²) in [6.07, 6.45) is 3.91. The van der Waals surface area contributed by atoms with Crippen molar-refractivity contribution in [3.05, 3.63) is 59.6 Å². The van der Waals surface area contributed by atoms with Gasteiger partial charge in [0.05, 0.1) is 11.1 Å². The van der Waals surface area contributed by atoms with Gasteiger partial charge in [-0.25, -0.2) is 9.97 Å². The van der Waals surface area contributed by atoms with Crippen molar-refractivity contribution in [3.8, 4) is 17.1 Å². The lowest BCUT2D eigenvalue weighted by Gasteiger charge is -2.23. The van der Waals surface area contributed by atoms with Crippen molar-refractivity contribution in [2.24, 2.45) is 0 Å². The third kappa shape index (κ3) is 3.92. The average Bonchev–Trinajstić information content (AvgIpc) is 3.44. The standard InChI is InChI=1S/C22H21N5O2S/c28-21(27-22-24-11-12-30-22)17-5-2-6-18-19(17)26-20(25-18)14-3-1-4-16(13-14)29-15-7-9-23-10-8-15/h1-6,11-13,15,23H,7-10H2,(H,25,26)(H,24,27,28). The topological polar surface area (TPSA) is 91.9 Å². The molecule has 3 heterocycles. The number of para-hydroxylation sites is 1. The Labute approximate surface area is 177 Å². The van der Waals surface area contributed by atoms with Gasteiger partial charge in [0.2, 0.25) is 0 Å². The molecule has 1 aliphatic rings. The number of fused-ring (bicyclic) bond motifs is 1. The van der Waals surface area contributed by atoms with E-state index >= 15 is 0 Å². The van der Waals surface area contributed by atoms with Crippen LogP contribution < -0.4 is 15.4 Å². The number of piperidine rings is 1. The molecule has 3 N–H and O–H groups in total. The third-order valence-electron chi connectivity index (χ3n) is 5.11. The summed E-state index contributed by atoms with van der Waals surface area (Å²) >= 11 is 1.38. The fraction of sp³-hybridized carbons (Fsp3) is 0.227. The Morgan fingerprint density at radius 1 is 1.17 bits per heavy atom. The van der Waals surface area contributed by atoms with Crippen LogP contribution in [0.25, 0.3) is 22.4 Å². The van der Waals surface area contributed by atoms with Crippen LogP contribution in [0.15, 0.2) is 54.0 Å². The Kier molecular flexibility index (Phi) is 5.17. The predicted octanol–water partition coefficient (Wildman–Crippen LogP) is 4.07. The number of nitrogens with zero attached hydrogens (tertiary/aromatic N) is 2. The molecule has 0 spiro atoms. The van der Waals surface area contributed by atoms with E-state index in [9.17, 15) is 4.79 Å². The van der Waals surface area contributed by atoms with Gasteiger partial charge < -0.3 is 15.0 Å². The zero-order chi connectivity index (χ0) is 20.3. The summed E-state index contributed by atoms with van der Waals surface area (Å²) in [6.45, 7) is 1.97. The van der Waals surface area contributed by atoms with E-state index in [1.807, 2.05) is 41.8 Å². The Morgan fingerprint density at radius 3 is 2.87 bits per heavy atom. The summed E-state index contributed by atoms with van der Waals surface area (Å²) in [5, 5.41) is 8.56. The van der Waals surface area contributed by atoms with Gasteiger partial charge >= 0.3 is 0 Å². The lowest BCUT2D eigenvalue weighted by Crippen LogP contribution is -2.34. The number of aromatic nitrogens is 3. The molecular weight excluding hydrogens is 398 g/mol. The monoisotopic (exact) mass is 419 g/mol. The summed E-state index contributed by atoms with van der Waals surface area (Å²) in [4.78, 5) is 24.9. The summed E-state index contributed by atoms with van der Waals surface area (Å²) in [7, 11) is 0. The van der Waals surface area contributed by atoms with Crippen LogP contribution in [0.1, 0.15) is 23.2 Å². The average molecular weight is 420 g/mol. The fourth-order valence-corrected chi connectivity index (χ4v) is 4.15. The Balaban J connectivity index is 1.42. The minimum atomic E-state index is -0.225. The molecule has 0 atom stereocenters. The second kappa shape index (κ2) is 8.25. The highest BCUT2D eigenvalue weighted by molar-refractivity contribution is 7.13. The van der Waals surface area contributed by atoms with E-state index in [0.717, 1.165) is 42.8 Å². The number of H-pyrrole nitrogens is 1. The van der Waals surface area contributed by atoms with Gasteiger partial charge in [0.1, 0.15) is 23.2 Å². The van der Waals surface area contributed by atoms with Crippen molar-refractivity contribution in [1.82, 2.24) is 20.3 Å². The van der Waals surface area contributed by atoms with Crippen LogP contribution >= 0.6 is 11.3 Å². The lowest BCUT2D eigenvalue weighted by atomic mass is 10.1. The van der Waals surface area contributed by atoms with Crippen LogP contribution in [-0.4, -0.2) is 40.1 Å². The van der Waals surface area contributed by atoms with E-state index in [-0.39, 0.29) is 12.0 Å². The molecule has 1 saturated heterocycles. The second-order valence-electron chi connectivity index (χ2n) is 7.17. The highest BCUT2D eigenvalue weighted by Crippen LogP contribution is 2.27. The Bertz CT molecular complexity index is 1170. The summed E-state index contributed by atoms with van der Waals surface area (Å²) < 4.78 is 6.16. The second-order valence-corrected chi connectivity index (χ2v) is 8.07. The molecule has 4 aromatic rings. The molecule has 7 nitrogen and oxygen atoms in total. The molecule has 0 bridgehead atoms. The van der Waals surface area contributed by atoms with E-state index < -0.39 is 0 Å². The molecule has 30 heavy (non-hydrogen) atoms. The summed E-state index contributed by atoms with van der Waals surface area (Å²) in [5.41, 5.74) is 2.86. The number of carbonyl (C=O) groups excluding carboxylic acids is 1. The number of rotatable bonds is 5. The number of ether oxygens (including phenoxy) is 1. The van der Waals surface area contributed by atoms with Gasteiger partial charge in [-0.3, -0.25) is 10.1 Å². The van der Waals surface area contributed by atoms with E-state index in [1.165, 1.54) is 11.3 Å². The van der Waals surface area contributed by atoms with Crippen molar-refractivity contribution in [2.45, 2.75) is 18.9 Å². The number of carbonyl (C=O) groups is 1. The molecule has 1 amide bonds. The first-order valence-electron chi connectivity index (χ1n) is 9.94. The van der Waals surface area contributed by atoms with Crippen LogP contribution in [-0.2, 0) is 0 Å². The first-order valence-corrected chi connectivity index (χ1v) is 10.8. The Morgan fingerprint density at radius 2 is 2.03 bits per heavy atom. The van der Waals surface area contributed by atoms with Gasteiger partial charge in [0.15, 0.2) is 5.13 Å². The van der Waals surface area contributed by atoms with Gasteiger partial charge in [-0.15, -0.1) is 11.3 Å². The van der Waals surface area contributed by atoms with Crippen molar-refractivity contribution in [2.75, 3.05) is 18.4 Å². The number of anilines is 1. The third-order valence-corrected chi connectivity index (χ3v) is 5.80. The number of benzene rings is 2. The van der Waals surface area contributed by atoms with E-state index in [4.69, 9.17) is 9.72 Å². The molecule has 5 rings (SSSR count). The highest BCUT2D eigenvalue weighted by atomic mass is 32.1. The maximum absolute atomic E-state index is 12.7. The van der Waals surface area contributed by atoms with Gasteiger partial charge in [0.25, 0.3) is 5.91 Å². The quantitative estimate of drug-likeness (QED) is 0.454. The van der Waals surface area contributed by atoms with Crippen LogP contribution in [0.3, 0.4) is 0 Å². The van der Waals surface area contributed by atoms with Crippen molar-refractivity contribution in [3.63, 3.8) is 0 Å². The fourth-order valence-electron chi connectivity index (χ4n) is 3.62. The number of imidazole rings is 1. The minimum absolute atomic E-state index is 0.225. The van der Waals surface area contributed by atoms with Crippen LogP contribution in [0.2, 0.25) is 0 Å². The van der Waals surface area contributed by atoms with Crippen molar-refractivity contribution < 1.29 is 9.53 Å². The molecule has 1 fully saturated rings. The molecule has 8 heteroatoms. The molecule has 152 valence electrons. The Hall–Kier alpha value is -3.23. The summed E-state index contributed by atoms with van der Waals surface area (Å²) in [6, 6.07) is 13.5. The molecule has 1 aliphatic heterocycles. The summed E-state index contributed by atoms with van der Waals surface area (Å²) in [5.74, 6) is 1.31. The molecular formula is C22H21N5O2S. The number of thiazole rings is 1. The minimum Gasteiger partial charge on any atom is -0.490 e. The molecule has 2 aromatic carbocycles. The molecule has 0 unspecified atom stereocenters.